The highest BCUT2D eigenvalue weighted by molar-refractivity contribution is 7.13. The van der Waals surface area contributed by atoms with Crippen molar-refractivity contribution >= 4 is 28.1 Å². The summed E-state index contributed by atoms with van der Waals surface area (Å²) in [6.45, 7) is 2.94. The molecule has 1 heterocycles. The van der Waals surface area contributed by atoms with Crippen LogP contribution in [0.25, 0.3) is 0 Å². The number of anilines is 1. The third kappa shape index (κ3) is 4.30. The Hall–Kier alpha value is -1.67. The van der Waals surface area contributed by atoms with E-state index in [9.17, 15) is 4.79 Å². The van der Waals surface area contributed by atoms with Gasteiger partial charge in [-0.15, -0.1) is 11.3 Å². The number of nitrogen functional groups attached to an aromatic ring is 1. The Morgan fingerprint density at radius 3 is 3.00 bits per heavy atom. The van der Waals surface area contributed by atoms with Crippen LogP contribution in [-0.4, -0.2) is 43.5 Å². The Morgan fingerprint density at radius 1 is 1.67 bits per heavy atom. The van der Waals surface area contributed by atoms with Gasteiger partial charge >= 0.3 is 5.97 Å². The molecule has 0 saturated heterocycles. The molecule has 1 rings (SSSR count). The first kappa shape index (κ1) is 14.4. The fraction of sp³-hybridized carbons (Fsp3) is 0.500. The van der Waals surface area contributed by atoms with E-state index in [0.717, 1.165) is 0 Å². The van der Waals surface area contributed by atoms with E-state index in [1.54, 1.807) is 19.4 Å². The number of nitrogens with two attached hydrogens (primary N) is 1. The second kappa shape index (κ2) is 7.62. The lowest BCUT2D eigenvalue weighted by Gasteiger charge is -2.04. The van der Waals surface area contributed by atoms with E-state index in [-0.39, 0.29) is 12.3 Å². The molecule has 0 amide bonds. The van der Waals surface area contributed by atoms with Gasteiger partial charge in [-0.05, 0) is 14.0 Å². The van der Waals surface area contributed by atoms with Crippen molar-refractivity contribution in [1.82, 2.24) is 10.3 Å². The molecule has 3 N–H and O–H groups in total. The third-order valence-electron chi connectivity index (χ3n) is 1.83. The molecule has 0 aliphatic heterocycles. The van der Waals surface area contributed by atoms with Gasteiger partial charge in [-0.3, -0.25) is 0 Å². The molecule has 1 aromatic rings. The maximum absolute atomic E-state index is 11.7. The van der Waals surface area contributed by atoms with E-state index >= 15 is 0 Å². The van der Waals surface area contributed by atoms with Gasteiger partial charge in [0.25, 0.3) is 0 Å². The monoisotopic (exact) mass is 272 g/mol. The van der Waals surface area contributed by atoms with Gasteiger partial charge in [-0.2, -0.15) is 0 Å². The van der Waals surface area contributed by atoms with Gasteiger partial charge in [0.15, 0.2) is 5.13 Å². The fourth-order valence-corrected chi connectivity index (χ4v) is 1.59. The SMILES string of the molecule is CCOC(=O)/C(=N\OCCNC)c1csc(N)n1. The second-order valence-corrected chi connectivity index (χ2v) is 4.06. The summed E-state index contributed by atoms with van der Waals surface area (Å²) >= 11 is 1.22. The Kier molecular flexibility index (Phi) is 6.09. The van der Waals surface area contributed by atoms with Crippen molar-refractivity contribution in [3.05, 3.63) is 11.1 Å². The smallest absolute Gasteiger partial charge is 0.362 e. The number of rotatable bonds is 7. The summed E-state index contributed by atoms with van der Waals surface area (Å²) < 4.78 is 4.88. The fourth-order valence-electron chi connectivity index (χ4n) is 1.04. The summed E-state index contributed by atoms with van der Waals surface area (Å²) in [6.07, 6.45) is 0. The Bertz CT molecular complexity index is 419. The van der Waals surface area contributed by atoms with Gasteiger partial charge in [-0.1, -0.05) is 5.16 Å². The number of hydrogen-bond donors (Lipinski definition) is 2. The number of ether oxygens (including phenoxy) is 1. The topological polar surface area (TPSA) is 98.8 Å². The van der Waals surface area contributed by atoms with Crippen LogP contribution in [-0.2, 0) is 14.4 Å². The molecule has 7 nitrogen and oxygen atoms in total. The van der Waals surface area contributed by atoms with Crippen molar-refractivity contribution in [1.29, 1.82) is 0 Å². The summed E-state index contributed by atoms with van der Waals surface area (Å²) in [5.41, 5.74) is 5.91. The number of aromatic nitrogens is 1. The highest BCUT2D eigenvalue weighted by Gasteiger charge is 2.19. The van der Waals surface area contributed by atoms with Crippen LogP contribution in [0.4, 0.5) is 5.13 Å². The molecule has 8 heteroatoms. The highest BCUT2D eigenvalue weighted by Crippen LogP contribution is 2.13. The number of hydrogen-bond acceptors (Lipinski definition) is 8. The van der Waals surface area contributed by atoms with E-state index in [1.165, 1.54) is 11.3 Å². The predicted octanol–water partition coefficient (Wildman–Crippen LogP) is 0.229. The van der Waals surface area contributed by atoms with Crippen molar-refractivity contribution in [2.75, 3.05) is 32.5 Å². The molecule has 18 heavy (non-hydrogen) atoms. The van der Waals surface area contributed by atoms with Crippen molar-refractivity contribution in [2.45, 2.75) is 6.92 Å². The van der Waals surface area contributed by atoms with Gasteiger partial charge in [0, 0.05) is 11.9 Å². The summed E-state index contributed by atoms with van der Waals surface area (Å²) in [6, 6.07) is 0. The second-order valence-electron chi connectivity index (χ2n) is 3.17. The summed E-state index contributed by atoms with van der Waals surface area (Å²) in [5.74, 6) is -0.577. The molecule has 0 spiro atoms. The van der Waals surface area contributed by atoms with Gasteiger partial charge in [0.2, 0.25) is 5.71 Å². The van der Waals surface area contributed by atoms with Gasteiger partial charge < -0.3 is 20.6 Å². The molecular weight excluding hydrogens is 256 g/mol. The number of oxime groups is 1. The normalized spacial score (nSPS) is 11.3. The number of thiazole rings is 1. The average molecular weight is 272 g/mol. The number of nitrogens with one attached hydrogen (secondary N) is 1. The minimum atomic E-state index is -0.577. The molecule has 0 aliphatic rings. The van der Waals surface area contributed by atoms with Crippen molar-refractivity contribution in [2.24, 2.45) is 5.16 Å². The van der Waals surface area contributed by atoms with E-state index in [0.29, 0.717) is 24.0 Å². The van der Waals surface area contributed by atoms with Crippen LogP contribution in [0, 0.1) is 0 Å². The van der Waals surface area contributed by atoms with Crippen LogP contribution in [0.15, 0.2) is 10.5 Å². The van der Waals surface area contributed by atoms with Crippen LogP contribution in [0.3, 0.4) is 0 Å². The minimum Gasteiger partial charge on any atom is -0.461 e. The zero-order chi connectivity index (χ0) is 13.4. The zero-order valence-corrected chi connectivity index (χ0v) is 11.1. The van der Waals surface area contributed by atoms with Crippen molar-refractivity contribution in [3.63, 3.8) is 0 Å². The van der Waals surface area contributed by atoms with E-state index in [2.05, 4.69) is 15.5 Å². The van der Waals surface area contributed by atoms with E-state index < -0.39 is 5.97 Å². The first-order valence-corrected chi connectivity index (χ1v) is 6.30. The Labute approximate surface area is 109 Å². The summed E-state index contributed by atoms with van der Waals surface area (Å²) in [7, 11) is 1.79. The summed E-state index contributed by atoms with van der Waals surface area (Å²) in [4.78, 5) is 20.7. The molecule has 0 saturated carbocycles. The lowest BCUT2D eigenvalue weighted by Crippen LogP contribution is -2.21. The highest BCUT2D eigenvalue weighted by atomic mass is 32.1. The van der Waals surface area contributed by atoms with Crippen molar-refractivity contribution < 1.29 is 14.4 Å². The van der Waals surface area contributed by atoms with Crippen molar-refractivity contribution in [3.8, 4) is 0 Å². The lowest BCUT2D eigenvalue weighted by atomic mass is 10.3. The average Bonchev–Trinajstić information content (AvgIpc) is 2.76. The molecule has 0 bridgehead atoms. The van der Waals surface area contributed by atoms with E-state index in [1.807, 2.05) is 0 Å². The molecular formula is C10H16N4O3S. The predicted molar refractivity (Wildman–Crippen MR) is 69.6 cm³/mol. The molecule has 0 aromatic carbocycles. The maximum atomic E-state index is 11.7. The number of nitrogens with zero attached hydrogens (tertiary/aromatic N) is 2. The number of carbonyl (C=O) groups excluding carboxylic acids is 1. The molecule has 0 atom stereocenters. The van der Waals surface area contributed by atoms with Crippen LogP contribution in [0.2, 0.25) is 0 Å². The van der Waals surface area contributed by atoms with Crippen LogP contribution in [0.5, 0.6) is 0 Å². The minimum absolute atomic E-state index is 0.0286. The number of likely N-dealkylation sites (N-methyl/N-ethyl adjacent to an activating group) is 1. The molecule has 0 fully saturated rings. The quantitative estimate of drug-likeness (QED) is 0.319. The number of esters is 1. The largest absolute Gasteiger partial charge is 0.461 e. The summed E-state index contributed by atoms with van der Waals surface area (Å²) in [5, 5.41) is 8.64. The molecule has 0 radical (unpaired) electrons. The zero-order valence-electron chi connectivity index (χ0n) is 10.3. The number of carbonyl (C=O) groups is 1. The maximum Gasteiger partial charge on any atom is 0.362 e. The van der Waals surface area contributed by atoms with Gasteiger partial charge in [0.1, 0.15) is 12.3 Å². The van der Waals surface area contributed by atoms with E-state index in [4.69, 9.17) is 15.3 Å². The third-order valence-corrected chi connectivity index (χ3v) is 2.51. The first-order chi connectivity index (χ1) is 8.69. The first-order valence-electron chi connectivity index (χ1n) is 5.42. The molecule has 0 aliphatic carbocycles. The molecule has 1 aromatic heterocycles. The standard InChI is InChI=1S/C10H16N4O3S/c1-3-16-9(15)8(14-17-5-4-12-2)7-6-18-10(11)13-7/h6,12H,3-5H2,1-2H3,(H2,11,13)/b14-8-. The Balaban J connectivity index is 2.78. The lowest BCUT2D eigenvalue weighted by molar-refractivity contribution is -0.135. The Morgan fingerprint density at radius 2 is 2.44 bits per heavy atom. The molecule has 0 unspecified atom stereocenters. The van der Waals surface area contributed by atoms with Gasteiger partial charge in [-0.25, -0.2) is 9.78 Å². The van der Waals surface area contributed by atoms with Crippen LogP contribution < -0.4 is 11.1 Å². The van der Waals surface area contributed by atoms with Crippen LogP contribution in [0.1, 0.15) is 12.6 Å². The van der Waals surface area contributed by atoms with Crippen LogP contribution >= 0.6 is 11.3 Å². The molecule has 100 valence electrons. The van der Waals surface area contributed by atoms with Gasteiger partial charge in [0.05, 0.1) is 6.61 Å².